The summed E-state index contributed by atoms with van der Waals surface area (Å²) >= 11 is 0. The zero-order valence-electron chi connectivity index (χ0n) is 14.3. The molecule has 3 nitrogen and oxygen atoms in total. The fraction of sp³-hybridized carbons (Fsp3) is 0.941. The van der Waals surface area contributed by atoms with Crippen LogP contribution in [0, 0.1) is 17.8 Å². The van der Waals surface area contributed by atoms with E-state index in [2.05, 4.69) is 0 Å². The number of carbonyl (C=O) groups excluding carboxylic acids is 1. The Hall–Kier alpha value is -0.570. The second-order valence-electron chi connectivity index (χ2n) is 5.27. The van der Waals surface area contributed by atoms with Crippen molar-refractivity contribution < 1.29 is 14.3 Å². The lowest BCUT2D eigenvalue weighted by atomic mass is 9.89. The number of methoxy groups -OCH3 is 1. The molecular formula is C17H34O3. The third-order valence-corrected chi connectivity index (χ3v) is 4.05. The lowest BCUT2D eigenvalue weighted by Crippen LogP contribution is -2.23. The summed E-state index contributed by atoms with van der Waals surface area (Å²) in [6.07, 6.45) is 5.67. The van der Waals surface area contributed by atoms with Gasteiger partial charge in [0.15, 0.2) is 0 Å². The van der Waals surface area contributed by atoms with Crippen LogP contribution in [0.15, 0.2) is 0 Å². The van der Waals surface area contributed by atoms with Crippen LogP contribution in [0.4, 0.5) is 0 Å². The summed E-state index contributed by atoms with van der Waals surface area (Å²) in [6, 6.07) is 0. The molecule has 2 aliphatic rings. The van der Waals surface area contributed by atoms with E-state index in [1.54, 1.807) is 7.11 Å². The molecule has 0 aromatic carbocycles. The van der Waals surface area contributed by atoms with Gasteiger partial charge in [0, 0.05) is 13.5 Å². The van der Waals surface area contributed by atoms with Crippen molar-refractivity contribution in [1.29, 1.82) is 0 Å². The molecule has 4 unspecified atom stereocenters. The van der Waals surface area contributed by atoms with E-state index in [9.17, 15) is 4.79 Å². The van der Waals surface area contributed by atoms with Gasteiger partial charge in [0.2, 0.25) is 0 Å². The molecule has 0 aromatic heterocycles. The fourth-order valence-corrected chi connectivity index (χ4v) is 2.63. The highest BCUT2D eigenvalue weighted by Gasteiger charge is 2.44. The zero-order valence-corrected chi connectivity index (χ0v) is 14.3. The van der Waals surface area contributed by atoms with Crippen LogP contribution >= 0.6 is 0 Å². The minimum atomic E-state index is 0.0219. The first kappa shape index (κ1) is 19.4. The number of ether oxygens (including phenoxy) is 2. The van der Waals surface area contributed by atoms with Crippen molar-refractivity contribution in [3.05, 3.63) is 0 Å². The Balaban J connectivity index is 0.000000829. The quantitative estimate of drug-likeness (QED) is 0.701. The molecule has 3 heteroatoms. The lowest BCUT2D eigenvalue weighted by Gasteiger charge is -2.20. The van der Waals surface area contributed by atoms with Gasteiger partial charge in [0.25, 0.3) is 0 Å². The zero-order chi connectivity index (χ0) is 15.5. The average Bonchev–Trinajstić information content (AvgIpc) is 3.29. The highest BCUT2D eigenvalue weighted by molar-refractivity contribution is 5.72. The molecule has 0 amide bonds. The molecule has 120 valence electrons. The Morgan fingerprint density at radius 2 is 1.75 bits per heavy atom. The molecule has 0 heterocycles. The maximum absolute atomic E-state index is 11.8. The summed E-state index contributed by atoms with van der Waals surface area (Å²) in [7, 11) is 1.68. The molecular weight excluding hydrogens is 252 g/mol. The normalized spacial score (nSPS) is 27.8. The number of hydrogen-bond donors (Lipinski definition) is 0. The molecule has 0 radical (unpaired) electrons. The summed E-state index contributed by atoms with van der Waals surface area (Å²) in [6.45, 7) is 10.5. The van der Waals surface area contributed by atoms with Crippen molar-refractivity contribution in [3.63, 3.8) is 0 Å². The molecule has 4 atom stereocenters. The number of hydrogen-bond acceptors (Lipinski definition) is 3. The van der Waals surface area contributed by atoms with Gasteiger partial charge < -0.3 is 9.47 Å². The standard InChI is InChI=1S/C13H22O3.2C2H6/c1-9(15-2)5-6-16-13(14)11-4-3-10-7-12(10)8-11;2*1-2/h9-12H,3-8H2,1-2H3;2*1-2H3. The second-order valence-corrected chi connectivity index (χ2v) is 5.27. The maximum Gasteiger partial charge on any atom is 0.308 e. The number of esters is 1. The molecule has 0 spiro atoms. The van der Waals surface area contributed by atoms with E-state index < -0.39 is 0 Å². The Kier molecular flexibility index (Phi) is 10.8. The molecule has 2 rings (SSSR count). The largest absolute Gasteiger partial charge is 0.465 e. The first-order valence-corrected chi connectivity index (χ1v) is 8.40. The van der Waals surface area contributed by atoms with E-state index in [0.717, 1.165) is 31.1 Å². The minimum absolute atomic E-state index is 0.0219. The first-order chi connectivity index (χ1) is 9.70. The molecule has 0 aromatic rings. The summed E-state index contributed by atoms with van der Waals surface area (Å²) in [5.74, 6) is 1.98. The Morgan fingerprint density at radius 1 is 1.10 bits per heavy atom. The van der Waals surface area contributed by atoms with Crippen molar-refractivity contribution in [1.82, 2.24) is 0 Å². The topological polar surface area (TPSA) is 35.5 Å². The molecule has 0 saturated heterocycles. The SMILES string of the molecule is CC.CC.COC(C)CCOC(=O)C1CCC2CC2C1. The predicted octanol–water partition coefficient (Wildman–Crippen LogP) is 4.44. The van der Waals surface area contributed by atoms with Gasteiger partial charge >= 0.3 is 5.97 Å². The van der Waals surface area contributed by atoms with Crippen LogP contribution in [0.2, 0.25) is 0 Å². The van der Waals surface area contributed by atoms with Gasteiger partial charge in [0.1, 0.15) is 0 Å². The van der Waals surface area contributed by atoms with E-state index in [-0.39, 0.29) is 18.0 Å². The molecule has 2 fully saturated rings. The number of rotatable bonds is 5. The van der Waals surface area contributed by atoms with Crippen molar-refractivity contribution in [2.75, 3.05) is 13.7 Å². The van der Waals surface area contributed by atoms with Crippen LogP contribution < -0.4 is 0 Å². The van der Waals surface area contributed by atoms with E-state index in [1.165, 1.54) is 12.8 Å². The third-order valence-electron chi connectivity index (χ3n) is 4.05. The van der Waals surface area contributed by atoms with Crippen molar-refractivity contribution in [3.8, 4) is 0 Å². The smallest absolute Gasteiger partial charge is 0.308 e. The van der Waals surface area contributed by atoms with Crippen molar-refractivity contribution in [2.24, 2.45) is 17.8 Å². The van der Waals surface area contributed by atoms with Crippen LogP contribution in [0.25, 0.3) is 0 Å². The molecule has 0 bridgehead atoms. The summed E-state index contributed by atoms with van der Waals surface area (Å²) in [5, 5.41) is 0. The number of fused-ring (bicyclic) bond motifs is 1. The molecule has 0 N–H and O–H groups in total. The van der Waals surface area contributed by atoms with Crippen LogP contribution in [0.1, 0.15) is 66.7 Å². The van der Waals surface area contributed by atoms with E-state index in [0.29, 0.717) is 6.61 Å². The van der Waals surface area contributed by atoms with Crippen molar-refractivity contribution >= 4 is 5.97 Å². The maximum atomic E-state index is 11.8. The van der Waals surface area contributed by atoms with Gasteiger partial charge in [-0.1, -0.05) is 27.7 Å². The van der Waals surface area contributed by atoms with Crippen LogP contribution in [-0.2, 0) is 14.3 Å². The Morgan fingerprint density at radius 3 is 2.30 bits per heavy atom. The second kappa shape index (κ2) is 11.1. The molecule has 0 aliphatic heterocycles. The average molecular weight is 286 g/mol. The van der Waals surface area contributed by atoms with Gasteiger partial charge in [-0.25, -0.2) is 0 Å². The van der Waals surface area contributed by atoms with Gasteiger partial charge in [-0.15, -0.1) is 0 Å². The predicted molar refractivity (Wildman–Crippen MR) is 83.7 cm³/mol. The number of carbonyl (C=O) groups is 1. The van der Waals surface area contributed by atoms with E-state index in [4.69, 9.17) is 9.47 Å². The fourth-order valence-electron chi connectivity index (χ4n) is 2.63. The highest BCUT2D eigenvalue weighted by atomic mass is 16.5. The third kappa shape index (κ3) is 6.74. The molecule has 2 aliphatic carbocycles. The highest BCUT2D eigenvalue weighted by Crippen LogP contribution is 2.51. The Bertz CT molecular complexity index is 253. The summed E-state index contributed by atoms with van der Waals surface area (Å²) < 4.78 is 10.4. The van der Waals surface area contributed by atoms with Gasteiger partial charge in [-0.3, -0.25) is 4.79 Å². The van der Waals surface area contributed by atoms with E-state index >= 15 is 0 Å². The molecule has 20 heavy (non-hydrogen) atoms. The van der Waals surface area contributed by atoms with Crippen molar-refractivity contribution in [2.45, 2.75) is 72.8 Å². The minimum Gasteiger partial charge on any atom is -0.465 e. The van der Waals surface area contributed by atoms with Crippen LogP contribution in [-0.4, -0.2) is 25.8 Å². The van der Waals surface area contributed by atoms with Gasteiger partial charge in [-0.2, -0.15) is 0 Å². The molecule has 2 saturated carbocycles. The summed E-state index contributed by atoms with van der Waals surface area (Å²) in [5.41, 5.74) is 0. The Labute approximate surface area is 125 Å². The van der Waals surface area contributed by atoms with Gasteiger partial charge in [0.05, 0.1) is 18.6 Å². The monoisotopic (exact) mass is 286 g/mol. The van der Waals surface area contributed by atoms with Gasteiger partial charge in [-0.05, 0) is 44.4 Å². The van der Waals surface area contributed by atoms with Crippen LogP contribution in [0.3, 0.4) is 0 Å². The lowest BCUT2D eigenvalue weighted by molar-refractivity contribution is -0.150. The van der Waals surface area contributed by atoms with E-state index in [1.807, 2.05) is 34.6 Å². The first-order valence-electron chi connectivity index (χ1n) is 8.40. The van der Waals surface area contributed by atoms with Crippen LogP contribution in [0.5, 0.6) is 0 Å². The summed E-state index contributed by atoms with van der Waals surface area (Å²) in [4.78, 5) is 11.8.